The van der Waals surface area contributed by atoms with Gasteiger partial charge in [-0.3, -0.25) is 9.59 Å². The molecule has 0 N–H and O–H groups in total. The van der Waals surface area contributed by atoms with Gasteiger partial charge in [0.2, 0.25) is 11.8 Å². The highest BCUT2D eigenvalue weighted by molar-refractivity contribution is 5.92. The maximum atomic E-state index is 13.4. The third-order valence-electron chi connectivity index (χ3n) is 6.86. The monoisotopic (exact) mass is 446 g/mol. The lowest BCUT2D eigenvalue weighted by Gasteiger charge is -2.35. The molecule has 3 heterocycles. The fourth-order valence-corrected chi connectivity index (χ4v) is 5.06. The molecular formula is C27H30N2O4. The van der Waals surface area contributed by atoms with Crippen molar-refractivity contribution in [1.82, 2.24) is 9.80 Å². The Kier molecular flexibility index (Phi) is 6.33. The molecule has 0 aliphatic carbocycles. The van der Waals surface area contributed by atoms with Crippen molar-refractivity contribution in [3.63, 3.8) is 0 Å². The van der Waals surface area contributed by atoms with E-state index in [-0.39, 0.29) is 23.8 Å². The lowest BCUT2D eigenvalue weighted by Crippen LogP contribution is -2.43. The summed E-state index contributed by atoms with van der Waals surface area (Å²) in [7, 11) is 0. The summed E-state index contributed by atoms with van der Waals surface area (Å²) in [5.74, 6) is 1.76. The number of benzene rings is 2. The van der Waals surface area contributed by atoms with Crippen LogP contribution in [0.1, 0.15) is 42.9 Å². The molecule has 3 aliphatic rings. The summed E-state index contributed by atoms with van der Waals surface area (Å²) in [5.41, 5.74) is 2.12. The number of amides is 2. The number of hydrogen-bond donors (Lipinski definition) is 0. The van der Waals surface area contributed by atoms with Gasteiger partial charge in [-0.25, -0.2) is 0 Å². The summed E-state index contributed by atoms with van der Waals surface area (Å²) in [4.78, 5) is 29.9. The first-order valence-electron chi connectivity index (χ1n) is 11.9. The Bertz CT molecular complexity index is 1030. The Labute approximate surface area is 194 Å². The second-order valence-electron chi connectivity index (χ2n) is 8.94. The third-order valence-corrected chi connectivity index (χ3v) is 6.86. The molecule has 2 amide bonds. The highest BCUT2D eigenvalue weighted by atomic mass is 16.6. The SMILES string of the molecule is O=C(/C=C/c1ccccc1)N1CCC(C(=O)N2CCC[C@@H]2c2ccc3c(c2)OCCO3)CC1. The summed E-state index contributed by atoms with van der Waals surface area (Å²) >= 11 is 0. The molecule has 6 nitrogen and oxygen atoms in total. The van der Waals surface area contributed by atoms with Gasteiger partial charge in [-0.1, -0.05) is 36.4 Å². The van der Waals surface area contributed by atoms with Crippen molar-refractivity contribution >= 4 is 17.9 Å². The van der Waals surface area contributed by atoms with Crippen molar-refractivity contribution in [1.29, 1.82) is 0 Å². The number of piperidine rings is 1. The summed E-state index contributed by atoms with van der Waals surface area (Å²) < 4.78 is 11.4. The molecule has 2 aromatic carbocycles. The first kappa shape index (κ1) is 21.6. The van der Waals surface area contributed by atoms with Crippen molar-refractivity contribution in [3.05, 3.63) is 65.7 Å². The van der Waals surface area contributed by atoms with Gasteiger partial charge in [0.25, 0.3) is 0 Å². The molecule has 0 saturated carbocycles. The number of carbonyl (C=O) groups excluding carboxylic acids is 2. The molecule has 2 saturated heterocycles. The van der Waals surface area contributed by atoms with E-state index in [1.807, 2.05) is 58.3 Å². The standard InChI is InChI=1S/C27H30N2O4/c30-26(11-8-20-5-2-1-3-6-20)28-15-12-21(13-16-28)27(31)29-14-4-7-23(29)22-9-10-24-25(19-22)33-18-17-32-24/h1-3,5-6,8-11,19,21,23H,4,7,12-18H2/b11-8+/t23-/m1/s1. The molecule has 2 aromatic rings. The van der Waals surface area contributed by atoms with E-state index in [1.54, 1.807) is 6.08 Å². The van der Waals surface area contributed by atoms with Crippen molar-refractivity contribution in [2.45, 2.75) is 31.7 Å². The van der Waals surface area contributed by atoms with E-state index in [4.69, 9.17) is 9.47 Å². The Morgan fingerprint density at radius 3 is 2.42 bits per heavy atom. The predicted molar refractivity (Wildman–Crippen MR) is 126 cm³/mol. The zero-order valence-corrected chi connectivity index (χ0v) is 18.8. The highest BCUT2D eigenvalue weighted by Gasteiger charge is 2.36. The van der Waals surface area contributed by atoms with Crippen molar-refractivity contribution in [2.24, 2.45) is 5.92 Å². The van der Waals surface area contributed by atoms with Crippen LogP contribution in [-0.4, -0.2) is 54.5 Å². The molecule has 172 valence electrons. The number of rotatable bonds is 4. The molecule has 1 atom stereocenters. The average molecular weight is 447 g/mol. The van der Waals surface area contributed by atoms with Crippen LogP contribution in [0.15, 0.2) is 54.6 Å². The second kappa shape index (κ2) is 9.69. The zero-order chi connectivity index (χ0) is 22.6. The van der Waals surface area contributed by atoms with Crippen LogP contribution in [0.4, 0.5) is 0 Å². The molecule has 6 heteroatoms. The molecule has 0 radical (unpaired) electrons. The topological polar surface area (TPSA) is 59.1 Å². The predicted octanol–water partition coefficient (Wildman–Crippen LogP) is 4.07. The Hall–Kier alpha value is -3.28. The Morgan fingerprint density at radius 1 is 0.879 bits per heavy atom. The summed E-state index contributed by atoms with van der Waals surface area (Å²) in [5, 5.41) is 0. The maximum Gasteiger partial charge on any atom is 0.246 e. The number of hydrogen-bond acceptors (Lipinski definition) is 4. The van der Waals surface area contributed by atoms with Gasteiger partial charge in [-0.15, -0.1) is 0 Å². The van der Waals surface area contributed by atoms with Crippen LogP contribution < -0.4 is 9.47 Å². The normalized spacial score (nSPS) is 20.9. The molecule has 0 unspecified atom stereocenters. The van der Waals surface area contributed by atoms with Crippen molar-refractivity contribution in [2.75, 3.05) is 32.8 Å². The summed E-state index contributed by atoms with van der Waals surface area (Å²) in [6.45, 7) is 3.16. The van der Waals surface area contributed by atoms with E-state index in [0.717, 1.165) is 42.0 Å². The minimum atomic E-state index is -0.0232. The molecule has 2 fully saturated rings. The zero-order valence-electron chi connectivity index (χ0n) is 18.8. The summed E-state index contributed by atoms with van der Waals surface area (Å²) in [6, 6.07) is 16.0. The number of nitrogens with zero attached hydrogens (tertiary/aromatic N) is 2. The second-order valence-corrected chi connectivity index (χ2v) is 8.94. The van der Waals surface area contributed by atoms with E-state index in [9.17, 15) is 9.59 Å². The van der Waals surface area contributed by atoms with E-state index in [0.29, 0.717) is 39.1 Å². The lowest BCUT2D eigenvalue weighted by atomic mass is 9.94. The number of likely N-dealkylation sites (tertiary alicyclic amines) is 2. The minimum Gasteiger partial charge on any atom is -0.486 e. The van der Waals surface area contributed by atoms with Gasteiger partial charge in [-0.2, -0.15) is 0 Å². The first-order valence-corrected chi connectivity index (χ1v) is 11.9. The van der Waals surface area contributed by atoms with Crippen LogP contribution in [0, 0.1) is 5.92 Å². The lowest BCUT2D eigenvalue weighted by molar-refractivity contribution is -0.140. The molecule has 0 bridgehead atoms. The van der Waals surface area contributed by atoms with Gasteiger partial charge in [0.05, 0.1) is 6.04 Å². The van der Waals surface area contributed by atoms with Crippen LogP contribution in [0.2, 0.25) is 0 Å². The van der Waals surface area contributed by atoms with Crippen molar-refractivity contribution < 1.29 is 19.1 Å². The van der Waals surface area contributed by atoms with Crippen LogP contribution in [0.5, 0.6) is 11.5 Å². The smallest absolute Gasteiger partial charge is 0.246 e. The Morgan fingerprint density at radius 2 is 1.64 bits per heavy atom. The number of ether oxygens (including phenoxy) is 2. The van der Waals surface area contributed by atoms with E-state index < -0.39 is 0 Å². The Balaban J connectivity index is 1.19. The third kappa shape index (κ3) is 4.75. The molecule has 0 spiro atoms. The average Bonchev–Trinajstić information content (AvgIpc) is 3.37. The van der Waals surface area contributed by atoms with Crippen LogP contribution in [0.25, 0.3) is 6.08 Å². The van der Waals surface area contributed by atoms with Crippen molar-refractivity contribution in [3.8, 4) is 11.5 Å². The van der Waals surface area contributed by atoms with Gasteiger partial charge >= 0.3 is 0 Å². The highest BCUT2D eigenvalue weighted by Crippen LogP contribution is 2.39. The van der Waals surface area contributed by atoms with Gasteiger partial charge in [0, 0.05) is 31.6 Å². The molecular weight excluding hydrogens is 416 g/mol. The molecule has 5 rings (SSSR count). The number of carbonyl (C=O) groups is 2. The molecule has 33 heavy (non-hydrogen) atoms. The minimum absolute atomic E-state index is 0.0140. The van der Waals surface area contributed by atoms with Crippen LogP contribution >= 0.6 is 0 Å². The van der Waals surface area contributed by atoms with E-state index in [1.165, 1.54) is 0 Å². The van der Waals surface area contributed by atoms with Gasteiger partial charge in [-0.05, 0) is 55.0 Å². The largest absolute Gasteiger partial charge is 0.486 e. The number of fused-ring (bicyclic) bond motifs is 1. The van der Waals surface area contributed by atoms with Gasteiger partial charge in [0.15, 0.2) is 11.5 Å². The van der Waals surface area contributed by atoms with Crippen LogP contribution in [-0.2, 0) is 9.59 Å². The van der Waals surface area contributed by atoms with Crippen LogP contribution in [0.3, 0.4) is 0 Å². The fraction of sp³-hybridized carbons (Fsp3) is 0.407. The first-order chi connectivity index (χ1) is 16.2. The molecule has 0 aromatic heterocycles. The van der Waals surface area contributed by atoms with E-state index in [2.05, 4.69) is 6.07 Å². The fourth-order valence-electron chi connectivity index (χ4n) is 5.06. The van der Waals surface area contributed by atoms with Gasteiger partial charge < -0.3 is 19.3 Å². The maximum absolute atomic E-state index is 13.4. The van der Waals surface area contributed by atoms with E-state index >= 15 is 0 Å². The quantitative estimate of drug-likeness (QED) is 0.665. The molecule has 3 aliphatic heterocycles. The summed E-state index contributed by atoms with van der Waals surface area (Å²) in [6.07, 6.45) is 6.89. The van der Waals surface area contributed by atoms with Gasteiger partial charge in [0.1, 0.15) is 13.2 Å².